The van der Waals surface area contributed by atoms with Gasteiger partial charge in [0.2, 0.25) is 5.91 Å². The molecule has 1 heterocycles. The molecule has 1 aromatic carbocycles. The summed E-state index contributed by atoms with van der Waals surface area (Å²) in [5.41, 5.74) is 8.14. The van der Waals surface area contributed by atoms with E-state index < -0.39 is 5.91 Å². The van der Waals surface area contributed by atoms with Gasteiger partial charge in [-0.05, 0) is 47.1 Å². The monoisotopic (exact) mass is 309 g/mol. The second-order valence-corrected chi connectivity index (χ2v) is 5.08. The number of amides is 1. The van der Waals surface area contributed by atoms with Crippen LogP contribution in [0.1, 0.15) is 16.8 Å². The highest BCUT2D eigenvalue weighted by Crippen LogP contribution is 2.21. The zero-order valence-electron chi connectivity index (χ0n) is 10.0. The Hall–Kier alpha value is -1.33. The number of anilines is 1. The van der Waals surface area contributed by atoms with Gasteiger partial charge >= 0.3 is 0 Å². The van der Waals surface area contributed by atoms with Crippen LogP contribution in [-0.2, 0) is 0 Å². The van der Waals surface area contributed by atoms with Crippen LogP contribution in [0.4, 0.5) is 5.69 Å². The maximum atomic E-state index is 11.1. The van der Waals surface area contributed by atoms with E-state index in [1.165, 1.54) is 5.57 Å². The van der Waals surface area contributed by atoms with Crippen LogP contribution in [0.25, 0.3) is 0 Å². The van der Waals surface area contributed by atoms with Crippen LogP contribution >= 0.6 is 15.9 Å². The van der Waals surface area contributed by atoms with Crippen LogP contribution in [0.2, 0.25) is 0 Å². The molecule has 5 heteroatoms. The lowest BCUT2D eigenvalue weighted by molar-refractivity contribution is 0.0999. The van der Waals surface area contributed by atoms with Crippen molar-refractivity contribution in [2.75, 3.05) is 25.0 Å². The Labute approximate surface area is 115 Å². The minimum atomic E-state index is -0.422. The molecular weight excluding hydrogens is 294 g/mol. The van der Waals surface area contributed by atoms with Gasteiger partial charge in [-0.2, -0.15) is 0 Å². The van der Waals surface area contributed by atoms with Crippen molar-refractivity contribution in [3.63, 3.8) is 0 Å². The third-order valence-electron chi connectivity index (χ3n) is 2.91. The first kappa shape index (κ1) is 13.1. The third-order valence-corrected chi connectivity index (χ3v) is 3.57. The van der Waals surface area contributed by atoms with Crippen molar-refractivity contribution in [3.05, 3.63) is 39.9 Å². The quantitative estimate of drug-likeness (QED) is 0.744. The van der Waals surface area contributed by atoms with Gasteiger partial charge in [-0.1, -0.05) is 11.6 Å². The van der Waals surface area contributed by atoms with Crippen molar-refractivity contribution in [1.82, 2.24) is 5.32 Å². The summed E-state index contributed by atoms with van der Waals surface area (Å²) in [6, 6.07) is 5.47. The average Bonchev–Trinajstić information content (AvgIpc) is 2.37. The SMILES string of the molecule is NC(=O)c1ccc(NCC2=CCNCC2)cc1Br. The molecule has 96 valence electrons. The average molecular weight is 310 g/mol. The molecule has 1 amide bonds. The van der Waals surface area contributed by atoms with Crippen LogP contribution in [0.15, 0.2) is 34.3 Å². The summed E-state index contributed by atoms with van der Waals surface area (Å²) in [7, 11) is 0. The van der Waals surface area contributed by atoms with Crippen LogP contribution in [0.3, 0.4) is 0 Å². The van der Waals surface area contributed by atoms with Gasteiger partial charge in [0.25, 0.3) is 0 Å². The lowest BCUT2D eigenvalue weighted by Crippen LogP contribution is -2.23. The summed E-state index contributed by atoms with van der Waals surface area (Å²) in [6.45, 7) is 2.82. The van der Waals surface area contributed by atoms with Crippen molar-refractivity contribution < 1.29 is 4.79 Å². The number of nitrogens with one attached hydrogen (secondary N) is 2. The summed E-state index contributed by atoms with van der Waals surface area (Å²) >= 11 is 3.35. The first-order valence-corrected chi connectivity index (χ1v) is 6.68. The van der Waals surface area contributed by atoms with Gasteiger partial charge < -0.3 is 16.4 Å². The van der Waals surface area contributed by atoms with Gasteiger partial charge in [-0.25, -0.2) is 0 Å². The minimum Gasteiger partial charge on any atom is -0.381 e. The van der Waals surface area contributed by atoms with E-state index in [0.717, 1.165) is 36.2 Å². The molecule has 0 unspecified atom stereocenters. The van der Waals surface area contributed by atoms with Gasteiger partial charge in [0.15, 0.2) is 0 Å². The molecule has 4 N–H and O–H groups in total. The predicted octanol–water partition coefficient (Wildman–Crippen LogP) is 1.88. The number of rotatable bonds is 4. The number of benzene rings is 1. The minimum absolute atomic E-state index is 0.422. The Morgan fingerprint density at radius 3 is 2.94 bits per heavy atom. The summed E-state index contributed by atoms with van der Waals surface area (Å²) in [4.78, 5) is 11.1. The summed E-state index contributed by atoms with van der Waals surface area (Å²) in [5, 5.41) is 6.62. The zero-order valence-corrected chi connectivity index (χ0v) is 11.6. The Kier molecular flexibility index (Phi) is 4.38. The second kappa shape index (κ2) is 6.02. The molecule has 0 aromatic heterocycles. The molecule has 0 bridgehead atoms. The van der Waals surface area contributed by atoms with Gasteiger partial charge in [-0.15, -0.1) is 0 Å². The van der Waals surface area contributed by atoms with Gasteiger partial charge in [0, 0.05) is 23.2 Å². The largest absolute Gasteiger partial charge is 0.381 e. The number of hydrogen-bond acceptors (Lipinski definition) is 3. The molecule has 1 aliphatic rings. The standard InChI is InChI=1S/C13H16BrN3O/c14-12-7-10(1-2-11(12)13(15)18)17-8-9-3-5-16-6-4-9/h1-3,7,16-17H,4-6,8H2,(H2,15,18). The molecule has 4 nitrogen and oxygen atoms in total. The topological polar surface area (TPSA) is 67.2 Å². The van der Waals surface area contributed by atoms with Gasteiger partial charge in [0.05, 0.1) is 5.56 Å². The molecule has 0 aliphatic carbocycles. The highest BCUT2D eigenvalue weighted by molar-refractivity contribution is 9.10. The molecule has 18 heavy (non-hydrogen) atoms. The van der Waals surface area contributed by atoms with Crippen LogP contribution < -0.4 is 16.4 Å². The number of primary amides is 1. The second-order valence-electron chi connectivity index (χ2n) is 4.23. The van der Waals surface area contributed by atoms with E-state index in [4.69, 9.17) is 5.73 Å². The van der Waals surface area contributed by atoms with Crippen molar-refractivity contribution in [2.45, 2.75) is 6.42 Å². The third kappa shape index (κ3) is 3.34. The first-order valence-electron chi connectivity index (χ1n) is 5.88. The maximum Gasteiger partial charge on any atom is 0.249 e. The Balaban J connectivity index is 1.99. The van der Waals surface area contributed by atoms with Crippen LogP contribution in [0.5, 0.6) is 0 Å². The van der Waals surface area contributed by atoms with Crippen molar-refractivity contribution in [3.8, 4) is 0 Å². The molecule has 1 aromatic rings. The van der Waals surface area contributed by atoms with Gasteiger partial charge in [-0.3, -0.25) is 4.79 Å². The van der Waals surface area contributed by atoms with Crippen molar-refractivity contribution >= 4 is 27.5 Å². The fourth-order valence-corrected chi connectivity index (χ4v) is 2.44. The summed E-state index contributed by atoms with van der Waals surface area (Å²) in [5.74, 6) is -0.422. The highest BCUT2D eigenvalue weighted by atomic mass is 79.9. The van der Waals surface area contributed by atoms with E-state index in [2.05, 4.69) is 32.6 Å². The van der Waals surface area contributed by atoms with E-state index in [1.54, 1.807) is 6.07 Å². The molecule has 0 saturated carbocycles. The zero-order chi connectivity index (χ0) is 13.0. The fourth-order valence-electron chi connectivity index (χ4n) is 1.87. The van der Waals surface area contributed by atoms with Crippen LogP contribution in [-0.4, -0.2) is 25.5 Å². The Morgan fingerprint density at radius 2 is 2.33 bits per heavy atom. The maximum absolute atomic E-state index is 11.1. The summed E-state index contributed by atoms with van der Waals surface area (Å²) in [6.07, 6.45) is 3.29. The van der Waals surface area contributed by atoms with Crippen molar-refractivity contribution in [2.24, 2.45) is 5.73 Å². The summed E-state index contributed by atoms with van der Waals surface area (Å²) < 4.78 is 0.722. The molecular formula is C13H16BrN3O. The number of carbonyl (C=O) groups excluding carboxylic acids is 1. The Bertz CT molecular complexity index is 485. The van der Waals surface area contributed by atoms with Gasteiger partial charge in [0.1, 0.15) is 0 Å². The number of hydrogen-bond donors (Lipinski definition) is 3. The van der Waals surface area contributed by atoms with E-state index in [9.17, 15) is 4.79 Å². The Morgan fingerprint density at radius 1 is 1.50 bits per heavy atom. The molecule has 0 fully saturated rings. The number of carbonyl (C=O) groups is 1. The molecule has 0 saturated heterocycles. The van der Waals surface area contributed by atoms with E-state index in [1.807, 2.05) is 12.1 Å². The van der Waals surface area contributed by atoms with E-state index in [-0.39, 0.29) is 0 Å². The lowest BCUT2D eigenvalue weighted by atomic mass is 10.1. The fraction of sp³-hybridized carbons (Fsp3) is 0.308. The smallest absolute Gasteiger partial charge is 0.249 e. The molecule has 0 atom stereocenters. The predicted molar refractivity (Wildman–Crippen MR) is 76.7 cm³/mol. The van der Waals surface area contributed by atoms with E-state index >= 15 is 0 Å². The highest BCUT2D eigenvalue weighted by Gasteiger charge is 2.07. The normalized spacial score (nSPS) is 15.1. The van der Waals surface area contributed by atoms with Crippen molar-refractivity contribution in [1.29, 1.82) is 0 Å². The molecule has 0 radical (unpaired) electrons. The molecule has 1 aliphatic heterocycles. The number of nitrogens with two attached hydrogens (primary N) is 1. The molecule has 0 spiro atoms. The number of halogens is 1. The van der Waals surface area contributed by atoms with Crippen LogP contribution in [0, 0.1) is 0 Å². The molecule has 2 rings (SSSR count). The van der Waals surface area contributed by atoms with E-state index in [0.29, 0.717) is 5.56 Å². The lowest BCUT2D eigenvalue weighted by Gasteiger charge is -2.15. The first-order chi connectivity index (χ1) is 8.66.